The Morgan fingerprint density at radius 2 is 1.78 bits per heavy atom. The fourth-order valence-corrected chi connectivity index (χ4v) is 5.21. The molecule has 5 rings (SSSR count). The Morgan fingerprint density at radius 1 is 1.05 bits per heavy atom. The smallest absolute Gasteiger partial charge is 0.232 e. The van der Waals surface area contributed by atoms with Crippen LogP contribution in [0.2, 0.25) is 0 Å². The molecule has 7 heteroatoms. The normalized spacial score (nSPS) is 16.8. The molecule has 37 heavy (non-hydrogen) atoms. The van der Waals surface area contributed by atoms with Crippen molar-refractivity contribution in [2.45, 2.75) is 26.2 Å². The zero-order valence-corrected chi connectivity index (χ0v) is 20.6. The lowest BCUT2D eigenvalue weighted by Crippen LogP contribution is -2.45. The summed E-state index contributed by atoms with van der Waals surface area (Å²) in [6.07, 6.45) is -0.0539. The number of nitriles is 1. The van der Waals surface area contributed by atoms with Gasteiger partial charge in [0.25, 0.3) is 0 Å². The number of carbonyl (C=O) groups is 2. The number of carbonyl (C=O) groups excluding carboxylic acids is 2. The van der Waals surface area contributed by atoms with E-state index in [0.29, 0.717) is 23.5 Å². The molecular weight excluding hydrogens is 467 g/mol. The summed E-state index contributed by atoms with van der Waals surface area (Å²) in [5.74, 6) is -1.34. The fourth-order valence-electron chi connectivity index (χ4n) is 5.21. The van der Waals surface area contributed by atoms with Crippen LogP contribution in [0.1, 0.15) is 52.0 Å². The van der Waals surface area contributed by atoms with Crippen molar-refractivity contribution in [1.82, 2.24) is 9.78 Å². The number of halogens is 1. The van der Waals surface area contributed by atoms with E-state index < -0.39 is 11.8 Å². The number of ketones is 1. The van der Waals surface area contributed by atoms with Crippen LogP contribution in [-0.4, -0.2) is 28.0 Å². The molecule has 0 unspecified atom stereocenters. The summed E-state index contributed by atoms with van der Waals surface area (Å²) in [6.45, 7) is 4.19. The molecule has 0 saturated heterocycles. The standard InChI is InChI=1S/C30H25FN4O2/c1-3-34-29-27(19(2)33-35(29)24-10-5-4-6-11-24)28(21-12-14-23(31)15-13-21)25(30(34)37)17-26(36)22-9-7-8-20(16-22)18-32/h4-16,25,28H,3,17H2,1-2H3/t25-,28+/m0/s1. The van der Waals surface area contributed by atoms with Crippen molar-refractivity contribution in [2.75, 3.05) is 11.4 Å². The molecule has 0 aliphatic carbocycles. The molecule has 1 aliphatic heterocycles. The summed E-state index contributed by atoms with van der Waals surface area (Å²) in [5, 5.41) is 14.1. The van der Waals surface area contributed by atoms with Crippen molar-refractivity contribution < 1.29 is 14.0 Å². The average Bonchev–Trinajstić information content (AvgIpc) is 3.26. The maximum atomic E-state index is 14.1. The minimum Gasteiger partial charge on any atom is -0.296 e. The van der Waals surface area contributed by atoms with Crippen LogP contribution < -0.4 is 4.90 Å². The lowest BCUT2D eigenvalue weighted by molar-refractivity contribution is -0.123. The van der Waals surface area contributed by atoms with Gasteiger partial charge >= 0.3 is 0 Å². The number of fused-ring (bicyclic) bond motifs is 1. The first-order valence-electron chi connectivity index (χ1n) is 12.2. The Hall–Kier alpha value is -4.57. The van der Waals surface area contributed by atoms with Crippen molar-refractivity contribution in [3.05, 3.63) is 113 Å². The maximum Gasteiger partial charge on any atom is 0.232 e. The topological polar surface area (TPSA) is 79.0 Å². The second-order valence-electron chi connectivity index (χ2n) is 9.11. The lowest BCUT2D eigenvalue weighted by Gasteiger charge is -2.38. The molecule has 1 aliphatic rings. The number of hydrogen-bond donors (Lipinski definition) is 0. The van der Waals surface area contributed by atoms with Crippen LogP contribution in [0.15, 0.2) is 78.9 Å². The van der Waals surface area contributed by atoms with Gasteiger partial charge in [0.1, 0.15) is 11.6 Å². The minimum absolute atomic E-state index is 0.0539. The number of aryl methyl sites for hydroxylation is 1. The first kappa shape index (κ1) is 24.1. The summed E-state index contributed by atoms with van der Waals surface area (Å²) in [6, 6.07) is 24.2. The van der Waals surface area contributed by atoms with Crippen molar-refractivity contribution in [3.63, 3.8) is 0 Å². The SMILES string of the molecule is CCN1C(=O)[C@@H](CC(=O)c2cccc(C#N)c2)[C@@H](c2ccc(F)cc2)c2c(C)nn(-c3ccccc3)c21. The molecule has 0 spiro atoms. The van der Waals surface area contributed by atoms with E-state index in [0.717, 1.165) is 22.5 Å². The fraction of sp³-hybridized carbons (Fsp3) is 0.200. The third kappa shape index (κ3) is 4.31. The van der Waals surface area contributed by atoms with Crippen LogP contribution in [-0.2, 0) is 4.79 Å². The molecular formula is C30H25FN4O2. The molecule has 0 radical (unpaired) electrons. The monoisotopic (exact) mass is 492 g/mol. The summed E-state index contributed by atoms with van der Waals surface area (Å²) >= 11 is 0. The molecule has 0 fully saturated rings. The zero-order valence-electron chi connectivity index (χ0n) is 20.6. The van der Waals surface area contributed by atoms with Gasteiger partial charge in [-0.15, -0.1) is 0 Å². The highest BCUT2D eigenvalue weighted by atomic mass is 19.1. The van der Waals surface area contributed by atoms with E-state index in [9.17, 15) is 19.2 Å². The highest BCUT2D eigenvalue weighted by molar-refractivity contribution is 6.04. The first-order valence-corrected chi connectivity index (χ1v) is 12.2. The van der Waals surface area contributed by atoms with Crippen LogP contribution in [0, 0.1) is 30.0 Å². The molecule has 6 nitrogen and oxygen atoms in total. The molecule has 0 N–H and O–H groups in total. The number of rotatable bonds is 6. The number of benzene rings is 3. The molecule has 0 saturated carbocycles. The number of hydrogen-bond acceptors (Lipinski definition) is 4. The summed E-state index contributed by atoms with van der Waals surface area (Å²) in [5.41, 5.74) is 3.91. The predicted octanol–water partition coefficient (Wildman–Crippen LogP) is 5.58. The molecule has 1 amide bonds. The number of Topliss-reactive ketones (excluding diaryl/α,β-unsaturated/α-hetero) is 1. The van der Waals surface area contributed by atoms with Gasteiger partial charge in [-0.3, -0.25) is 14.5 Å². The van der Waals surface area contributed by atoms with E-state index in [2.05, 4.69) is 6.07 Å². The van der Waals surface area contributed by atoms with Gasteiger partial charge in [-0.25, -0.2) is 9.07 Å². The predicted molar refractivity (Wildman–Crippen MR) is 138 cm³/mol. The van der Waals surface area contributed by atoms with E-state index in [4.69, 9.17) is 5.10 Å². The maximum absolute atomic E-state index is 14.1. The van der Waals surface area contributed by atoms with Crippen molar-refractivity contribution in [1.29, 1.82) is 5.26 Å². The third-order valence-electron chi connectivity index (χ3n) is 6.90. The van der Waals surface area contributed by atoms with Gasteiger partial charge in [-0.1, -0.05) is 42.5 Å². The number of aromatic nitrogens is 2. The van der Waals surface area contributed by atoms with Gasteiger partial charge in [0.15, 0.2) is 5.78 Å². The van der Waals surface area contributed by atoms with Crippen LogP contribution >= 0.6 is 0 Å². The molecule has 184 valence electrons. The van der Waals surface area contributed by atoms with Crippen molar-refractivity contribution in [3.8, 4) is 11.8 Å². The highest BCUT2D eigenvalue weighted by Crippen LogP contribution is 2.47. The van der Waals surface area contributed by atoms with Crippen LogP contribution in [0.5, 0.6) is 0 Å². The Kier molecular flexibility index (Phi) is 6.41. The van der Waals surface area contributed by atoms with Crippen LogP contribution in [0.3, 0.4) is 0 Å². The number of anilines is 1. The summed E-state index contributed by atoms with van der Waals surface area (Å²) in [7, 11) is 0. The number of amides is 1. The number of nitrogens with zero attached hydrogens (tertiary/aromatic N) is 4. The van der Waals surface area contributed by atoms with E-state index in [1.807, 2.05) is 44.2 Å². The average molecular weight is 493 g/mol. The quantitative estimate of drug-likeness (QED) is 0.329. The van der Waals surface area contributed by atoms with Crippen molar-refractivity contribution in [2.24, 2.45) is 5.92 Å². The second kappa shape index (κ2) is 9.82. The van der Waals surface area contributed by atoms with Gasteiger partial charge in [0.2, 0.25) is 5.91 Å². The van der Waals surface area contributed by atoms with Crippen LogP contribution in [0.25, 0.3) is 5.69 Å². The van der Waals surface area contributed by atoms with Crippen LogP contribution in [0.4, 0.5) is 10.2 Å². The van der Waals surface area contributed by atoms with Crippen molar-refractivity contribution >= 4 is 17.5 Å². The highest BCUT2D eigenvalue weighted by Gasteiger charge is 2.45. The van der Waals surface area contributed by atoms with E-state index in [1.165, 1.54) is 12.1 Å². The Labute approximate surface area is 214 Å². The van der Waals surface area contributed by atoms with Gasteiger partial charge in [-0.05, 0) is 55.8 Å². The van der Waals surface area contributed by atoms with Gasteiger partial charge in [0, 0.05) is 30.0 Å². The molecule has 4 aromatic rings. The van der Waals surface area contributed by atoms with E-state index in [1.54, 1.807) is 46.0 Å². The van der Waals surface area contributed by atoms with Gasteiger partial charge < -0.3 is 0 Å². The summed E-state index contributed by atoms with van der Waals surface area (Å²) < 4.78 is 15.7. The summed E-state index contributed by atoms with van der Waals surface area (Å²) in [4.78, 5) is 29.2. The molecule has 3 aromatic carbocycles. The number of para-hydroxylation sites is 1. The zero-order chi connectivity index (χ0) is 26.1. The van der Waals surface area contributed by atoms with E-state index in [-0.39, 0.29) is 23.9 Å². The Balaban J connectivity index is 1.67. The van der Waals surface area contributed by atoms with Gasteiger partial charge in [0.05, 0.1) is 28.9 Å². The largest absolute Gasteiger partial charge is 0.296 e. The lowest BCUT2D eigenvalue weighted by atomic mass is 9.74. The molecule has 2 atom stereocenters. The molecule has 1 aromatic heterocycles. The Bertz CT molecular complexity index is 1520. The molecule has 0 bridgehead atoms. The molecule has 2 heterocycles. The van der Waals surface area contributed by atoms with E-state index >= 15 is 0 Å². The third-order valence-corrected chi connectivity index (χ3v) is 6.90. The Morgan fingerprint density at radius 3 is 2.46 bits per heavy atom. The first-order chi connectivity index (χ1) is 17.9. The minimum atomic E-state index is -0.719. The van der Waals surface area contributed by atoms with Gasteiger partial charge in [-0.2, -0.15) is 10.4 Å². The second-order valence-corrected chi connectivity index (χ2v) is 9.11.